The number of hydrogen-bond donors (Lipinski definition) is 3. The Morgan fingerprint density at radius 1 is 1.30 bits per heavy atom. The average molecular weight is 428 g/mol. The molecule has 3 aromatic rings. The maximum absolute atomic E-state index is 11.5. The van der Waals surface area contributed by atoms with Gasteiger partial charge in [-0.3, -0.25) is 4.79 Å². The lowest BCUT2D eigenvalue weighted by atomic mass is 9.82. The fourth-order valence-corrected chi connectivity index (χ4v) is 4.29. The molecule has 2 aromatic heterocycles. The maximum atomic E-state index is 11.5. The van der Waals surface area contributed by atoms with Gasteiger partial charge < -0.3 is 20.9 Å². The highest BCUT2D eigenvalue weighted by molar-refractivity contribution is 6.30. The van der Waals surface area contributed by atoms with Crippen LogP contribution in [-0.2, 0) is 11.3 Å². The lowest BCUT2D eigenvalue weighted by Gasteiger charge is -2.31. The van der Waals surface area contributed by atoms with Crippen LogP contribution in [-0.4, -0.2) is 31.5 Å². The number of halogens is 1. The Hall–Kier alpha value is -2.87. The van der Waals surface area contributed by atoms with Crippen molar-refractivity contribution >= 4 is 46.1 Å². The fourth-order valence-electron chi connectivity index (χ4n) is 4.10. The standard InChI is InChI=1S/C21H26ClN7O/c1-2-29-12-24-18-19(25-15-8-5-7-14(22)11-15)27-21(28-20(18)29)26-16-9-4-3-6-13(16)10-17(23)30/h5,7-8,11-13,16H,2-4,6,9-10H2,1H3,(H2,23,30)(H2,25,26,27,28). The molecule has 158 valence electrons. The summed E-state index contributed by atoms with van der Waals surface area (Å²) in [5.41, 5.74) is 7.74. The zero-order chi connectivity index (χ0) is 21.1. The molecule has 0 spiro atoms. The minimum absolute atomic E-state index is 0.112. The van der Waals surface area contributed by atoms with Gasteiger partial charge in [-0.05, 0) is 43.9 Å². The summed E-state index contributed by atoms with van der Waals surface area (Å²) in [7, 11) is 0. The fraction of sp³-hybridized carbons (Fsp3) is 0.429. The van der Waals surface area contributed by atoms with E-state index in [0.717, 1.165) is 43.6 Å². The molecule has 2 heterocycles. The molecule has 30 heavy (non-hydrogen) atoms. The van der Waals surface area contributed by atoms with Crippen molar-refractivity contribution in [1.82, 2.24) is 19.5 Å². The van der Waals surface area contributed by atoms with Gasteiger partial charge in [0.15, 0.2) is 17.0 Å². The number of nitrogens with zero attached hydrogens (tertiary/aromatic N) is 4. The number of imidazole rings is 1. The molecule has 8 nitrogen and oxygen atoms in total. The SMILES string of the molecule is CCn1cnc2c(Nc3cccc(Cl)c3)nc(NC3CCCCC3CC(N)=O)nc21. The predicted octanol–water partition coefficient (Wildman–Crippen LogP) is 4.09. The van der Waals surface area contributed by atoms with Crippen LogP contribution in [0.4, 0.5) is 17.5 Å². The molecule has 0 aliphatic heterocycles. The summed E-state index contributed by atoms with van der Waals surface area (Å²) >= 11 is 6.13. The molecule has 1 saturated carbocycles. The summed E-state index contributed by atoms with van der Waals surface area (Å²) in [5, 5.41) is 7.43. The molecule has 0 radical (unpaired) electrons. The van der Waals surface area contributed by atoms with Gasteiger partial charge in [-0.2, -0.15) is 9.97 Å². The van der Waals surface area contributed by atoms with Crippen LogP contribution in [0, 0.1) is 5.92 Å². The minimum atomic E-state index is -0.266. The molecule has 2 unspecified atom stereocenters. The van der Waals surface area contributed by atoms with Crippen LogP contribution in [0.3, 0.4) is 0 Å². The molecular weight excluding hydrogens is 402 g/mol. The van der Waals surface area contributed by atoms with E-state index in [2.05, 4.69) is 15.6 Å². The normalized spacial score (nSPS) is 19.0. The van der Waals surface area contributed by atoms with E-state index in [1.54, 1.807) is 6.33 Å². The Labute approximate surface area is 180 Å². The first-order chi connectivity index (χ1) is 14.5. The number of anilines is 3. The minimum Gasteiger partial charge on any atom is -0.370 e. The van der Waals surface area contributed by atoms with Gasteiger partial charge in [-0.1, -0.05) is 30.5 Å². The molecule has 4 N–H and O–H groups in total. The van der Waals surface area contributed by atoms with Gasteiger partial charge in [0.05, 0.1) is 6.33 Å². The molecule has 1 fully saturated rings. The quantitative estimate of drug-likeness (QED) is 0.523. The van der Waals surface area contributed by atoms with Crippen molar-refractivity contribution in [2.24, 2.45) is 11.7 Å². The lowest BCUT2D eigenvalue weighted by Crippen LogP contribution is -2.35. The summed E-state index contributed by atoms with van der Waals surface area (Å²) in [6.45, 7) is 2.79. The van der Waals surface area contributed by atoms with E-state index in [0.29, 0.717) is 28.7 Å². The molecule has 4 rings (SSSR count). The molecule has 0 bridgehead atoms. The second-order valence-corrected chi connectivity index (χ2v) is 8.14. The number of nitrogens with two attached hydrogens (primary N) is 1. The molecule has 0 saturated heterocycles. The number of amides is 1. The summed E-state index contributed by atoms with van der Waals surface area (Å²) in [6, 6.07) is 7.57. The second kappa shape index (κ2) is 8.87. The second-order valence-electron chi connectivity index (χ2n) is 7.70. The maximum Gasteiger partial charge on any atom is 0.227 e. The summed E-state index contributed by atoms with van der Waals surface area (Å²) in [6.07, 6.45) is 6.30. The first kappa shape index (κ1) is 20.4. The van der Waals surface area contributed by atoms with Gasteiger partial charge in [0.25, 0.3) is 0 Å². The number of fused-ring (bicyclic) bond motifs is 1. The smallest absolute Gasteiger partial charge is 0.227 e. The van der Waals surface area contributed by atoms with Gasteiger partial charge >= 0.3 is 0 Å². The number of benzene rings is 1. The molecule has 1 amide bonds. The van der Waals surface area contributed by atoms with Crippen LogP contribution < -0.4 is 16.4 Å². The third-order valence-electron chi connectivity index (χ3n) is 5.58. The van der Waals surface area contributed by atoms with E-state index < -0.39 is 0 Å². The average Bonchev–Trinajstić information content (AvgIpc) is 3.12. The monoisotopic (exact) mass is 427 g/mol. The third kappa shape index (κ3) is 4.48. The van der Waals surface area contributed by atoms with Gasteiger partial charge in [0, 0.05) is 29.7 Å². The van der Waals surface area contributed by atoms with Crippen LogP contribution in [0.25, 0.3) is 11.2 Å². The molecular formula is C21H26ClN7O. The summed E-state index contributed by atoms with van der Waals surface area (Å²) < 4.78 is 1.98. The van der Waals surface area contributed by atoms with Crippen molar-refractivity contribution in [2.75, 3.05) is 10.6 Å². The highest BCUT2D eigenvalue weighted by Gasteiger charge is 2.27. The van der Waals surface area contributed by atoms with E-state index in [4.69, 9.17) is 27.3 Å². The van der Waals surface area contributed by atoms with Crippen molar-refractivity contribution in [3.63, 3.8) is 0 Å². The number of aromatic nitrogens is 4. The summed E-state index contributed by atoms with van der Waals surface area (Å²) in [4.78, 5) is 25.5. The number of rotatable bonds is 7. The van der Waals surface area contributed by atoms with Crippen molar-refractivity contribution in [2.45, 2.75) is 51.6 Å². The lowest BCUT2D eigenvalue weighted by molar-refractivity contribution is -0.119. The van der Waals surface area contributed by atoms with Crippen LogP contribution in [0.5, 0.6) is 0 Å². The van der Waals surface area contributed by atoms with Gasteiger partial charge in [-0.15, -0.1) is 0 Å². The van der Waals surface area contributed by atoms with Crippen LogP contribution in [0.1, 0.15) is 39.0 Å². The number of hydrogen-bond acceptors (Lipinski definition) is 6. The number of carbonyl (C=O) groups is 1. The van der Waals surface area contributed by atoms with Crippen molar-refractivity contribution < 1.29 is 4.79 Å². The Kier molecular flexibility index (Phi) is 6.03. The molecule has 9 heteroatoms. The number of aryl methyl sites for hydroxylation is 1. The Bertz CT molecular complexity index is 1050. The van der Waals surface area contributed by atoms with Gasteiger partial charge in [0.2, 0.25) is 11.9 Å². The zero-order valence-electron chi connectivity index (χ0n) is 16.9. The van der Waals surface area contributed by atoms with Gasteiger partial charge in [-0.25, -0.2) is 4.98 Å². The van der Waals surface area contributed by atoms with E-state index in [9.17, 15) is 4.79 Å². The van der Waals surface area contributed by atoms with Crippen molar-refractivity contribution in [1.29, 1.82) is 0 Å². The predicted molar refractivity (Wildman–Crippen MR) is 119 cm³/mol. The number of carbonyl (C=O) groups excluding carboxylic acids is 1. The topological polar surface area (TPSA) is 111 Å². The zero-order valence-corrected chi connectivity index (χ0v) is 17.7. The van der Waals surface area contributed by atoms with Crippen LogP contribution in [0.2, 0.25) is 5.02 Å². The molecule has 1 aliphatic rings. The molecule has 1 aromatic carbocycles. The van der Waals surface area contributed by atoms with E-state index >= 15 is 0 Å². The van der Waals surface area contributed by atoms with Crippen molar-refractivity contribution in [3.05, 3.63) is 35.6 Å². The Morgan fingerprint density at radius 3 is 2.90 bits per heavy atom. The Morgan fingerprint density at radius 2 is 2.13 bits per heavy atom. The van der Waals surface area contributed by atoms with E-state index in [-0.39, 0.29) is 17.9 Å². The highest BCUT2D eigenvalue weighted by Crippen LogP contribution is 2.31. The van der Waals surface area contributed by atoms with Crippen molar-refractivity contribution in [3.8, 4) is 0 Å². The molecule has 2 atom stereocenters. The first-order valence-corrected chi connectivity index (χ1v) is 10.7. The highest BCUT2D eigenvalue weighted by atomic mass is 35.5. The number of primary amides is 1. The van der Waals surface area contributed by atoms with E-state index in [1.165, 1.54) is 0 Å². The third-order valence-corrected chi connectivity index (χ3v) is 5.81. The number of nitrogens with one attached hydrogen (secondary N) is 2. The van der Waals surface area contributed by atoms with Gasteiger partial charge in [0.1, 0.15) is 0 Å². The molecule has 1 aliphatic carbocycles. The largest absolute Gasteiger partial charge is 0.370 e. The van der Waals surface area contributed by atoms with Crippen LogP contribution in [0.15, 0.2) is 30.6 Å². The van der Waals surface area contributed by atoms with Crippen LogP contribution >= 0.6 is 11.6 Å². The first-order valence-electron chi connectivity index (χ1n) is 10.3. The Balaban J connectivity index is 1.68. The van der Waals surface area contributed by atoms with E-state index in [1.807, 2.05) is 35.8 Å². The summed E-state index contributed by atoms with van der Waals surface area (Å²) in [5.74, 6) is 1.05.